The lowest BCUT2D eigenvalue weighted by molar-refractivity contribution is -0.142. The van der Waals surface area contributed by atoms with Crippen molar-refractivity contribution in [2.24, 2.45) is 0 Å². The maximum atomic E-state index is 12.9. The first kappa shape index (κ1) is 20.8. The Bertz CT molecular complexity index is 1440. The van der Waals surface area contributed by atoms with Crippen LogP contribution in [0.3, 0.4) is 0 Å². The topological polar surface area (TPSA) is 79.6 Å². The Kier molecular flexibility index (Phi) is 4.89. The number of carbonyl (C=O) groups excluding carboxylic acids is 2. The summed E-state index contributed by atoms with van der Waals surface area (Å²) in [5.41, 5.74) is 1.55. The summed E-state index contributed by atoms with van der Waals surface area (Å²) in [5, 5.41) is 12.6. The SMILES string of the molecule is O=C(O)[C@@H](Cn1c2ccc(Cl)cc2c2cc(Cl)cc(Cl)c21)N1C(=O)c2ccccc2C1=O. The second kappa shape index (κ2) is 7.52. The molecule has 1 atom stereocenters. The molecule has 1 aliphatic heterocycles. The lowest BCUT2D eigenvalue weighted by Gasteiger charge is -2.24. The minimum atomic E-state index is -1.45. The van der Waals surface area contributed by atoms with Gasteiger partial charge in [-0.05, 0) is 42.5 Å². The van der Waals surface area contributed by atoms with Gasteiger partial charge in [-0.2, -0.15) is 0 Å². The molecule has 2 amide bonds. The highest BCUT2D eigenvalue weighted by molar-refractivity contribution is 6.40. The molecule has 0 unspecified atom stereocenters. The fourth-order valence-corrected chi connectivity index (χ4v) is 5.02. The van der Waals surface area contributed by atoms with Crippen LogP contribution in [0, 0.1) is 0 Å². The Morgan fingerprint density at radius 1 is 0.875 bits per heavy atom. The molecular weight excluding hydrogens is 475 g/mol. The Balaban J connectivity index is 1.70. The highest BCUT2D eigenvalue weighted by Crippen LogP contribution is 2.38. The van der Waals surface area contributed by atoms with Gasteiger partial charge in [0, 0.05) is 26.3 Å². The number of aliphatic carboxylic acids is 1. The van der Waals surface area contributed by atoms with E-state index in [0.29, 0.717) is 31.5 Å². The van der Waals surface area contributed by atoms with Crippen LogP contribution >= 0.6 is 34.8 Å². The fraction of sp³-hybridized carbons (Fsp3) is 0.0870. The van der Waals surface area contributed by atoms with Crippen molar-refractivity contribution in [2.75, 3.05) is 0 Å². The molecule has 3 aromatic carbocycles. The van der Waals surface area contributed by atoms with Crippen LogP contribution in [0.5, 0.6) is 0 Å². The summed E-state index contributed by atoms with van der Waals surface area (Å²) in [5.74, 6) is -2.60. The summed E-state index contributed by atoms with van der Waals surface area (Å²) < 4.78 is 1.68. The number of nitrogens with zero attached hydrogens (tertiary/aromatic N) is 2. The maximum absolute atomic E-state index is 12.9. The van der Waals surface area contributed by atoms with Gasteiger partial charge in [-0.25, -0.2) is 4.79 Å². The molecule has 2 heterocycles. The number of carbonyl (C=O) groups is 3. The van der Waals surface area contributed by atoms with Gasteiger partial charge in [0.2, 0.25) is 0 Å². The maximum Gasteiger partial charge on any atom is 0.328 e. The van der Waals surface area contributed by atoms with E-state index in [1.807, 2.05) is 0 Å². The number of aromatic nitrogens is 1. The minimum Gasteiger partial charge on any atom is -0.480 e. The molecule has 0 saturated carbocycles. The predicted molar refractivity (Wildman–Crippen MR) is 123 cm³/mol. The van der Waals surface area contributed by atoms with Crippen LogP contribution in [0.4, 0.5) is 0 Å². The molecule has 1 aliphatic rings. The molecule has 0 saturated heterocycles. The quantitative estimate of drug-likeness (QED) is 0.385. The highest BCUT2D eigenvalue weighted by atomic mass is 35.5. The van der Waals surface area contributed by atoms with Gasteiger partial charge in [-0.3, -0.25) is 14.5 Å². The van der Waals surface area contributed by atoms with Gasteiger partial charge in [0.1, 0.15) is 0 Å². The van der Waals surface area contributed by atoms with E-state index < -0.39 is 23.8 Å². The van der Waals surface area contributed by atoms with Gasteiger partial charge >= 0.3 is 5.97 Å². The molecule has 0 spiro atoms. The molecule has 6 nitrogen and oxygen atoms in total. The third-order valence-corrected chi connectivity index (χ3v) is 6.36. The van der Waals surface area contributed by atoms with Crippen LogP contribution in [0.25, 0.3) is 21.8 Å². The van der Waals surface area contributed by atoms with Crippen molar-refractivity contribution in [1.29, 1.82) is 0 Å². The van der Waals surface area contributed by atoms with E-state index >= 15 is 0 Å². The van der Waals surface area contributed by atoms with E-state index in [2.05, 4.69) is 0 Å². The number of hydrogen-bond donors (Lipinski definition) is 1. The van der Waals surface area contributed by atoms with Gasteiger partial charge in [-0.1, -0.05) is 46.9 Å². The standard InChI is InChI=1S/C23H13Cl3N2O4/c24-11-5-6-18-15(7-11)16-8-12(25)9-17(26)20(16)27(18)10-19(23(31)32)28-21(29)13-3-1-2-4-14(13)22(28)30/h1-9,19H,10H2,(H,31,32)/t19-/m1/s1. The van der Waals surface area contributed by atoms with E-state index in [9.17, 15) is 19.5 Å². The largest absolute Gasteiger partial charge is 0.480 e. The van der Waals surface area contributed by atoms with Gasteiger partial charge < -0.3 is 9.67 Å². The molecule has 5 rings (SSSR count). The number of hydrogen-bond acceptors (Lipinski definition) is 3. The van der Waals surface area contributed by atoms with Crippen LogP contribution in [0.15, 0.2) is 54.6 Å². The number of imide groups is 1. The van der Waals surface area contributed by atoms with Crippen LogP contribution in [-0.2, 0) is 11.3 Å². The van der Waals surface area contributed by atoms with Crippen LogP contribution in [0.1, 0.15) is 20.7 Å². The third kappa shape index (κ3) is 3.06. The Labute approximate surface area is 196 Å². The number of benzene rings is 3. The summed E-state index contributed by atoms with van der Waals surface area (Å²) in [6.45, 7) is -0.205. The molecule has 0 bridgehead atoms. The molecule has 9 heteroatoms. The van der Waals surface area contributed by atoms with Crippen LogP contribution in [-0.4, -0.2) is 38.4 Å². The number of carboxylic acid groups (broad SMARTS) is 1. The van der Waals surface area contributed by atoms with E-state index in [0.717, 1.165) is 10.3 Å². The summed E-state index contributed by atoms with van der Waals surface area (Å²) in [7, 11) is 0. The van der Waals surface area contributed by atoms with Crippen molar-refractivity contribution in [3.05, 3.63) is 80.8 Å². The van der Waals surface area contributed by atoms with Crippen LogP contribution in [0.2, 0.25) is 15.1 Å². The molecular formula is C23H13Cl3N2O4. The van der Waals surface area contributed by atoms with Crippen molar-refractivity contribution < 1.29 is 19.5 Å². The molecule has 1 N–H and O–H groups in total. The molecule has 0 radical (unpaired) electrons. The molecule has 1 aromatic heterocycles. The van der Waals surface area contributed by atoms with E-state index in [4.69, 9.17) is 34.8 Å². The zero-order chi connectivity index (χ0) is 22.7. The lowest BCUT2D eigenvalue weighted by atomic mass is 10.1. The highest BCUT2D eigenvalue weighted by Gasteiger charge is 2.43. The van der Waals surface area contributed by atoms with Crippen molar-refractivity contribution in [3.63, 3.8) is 0 Å². The van der Waals surface area contributed by atoms with Crippen LogP contribution < -0.4 is 0 Å². The van der Waals surface area contributed by atoms with Crippen molar-refractivity contribution in [2.45, 2.75) is 12.6 Å². The Morgan fingerprint density at radius 2 is 1.50 bits per heavy atom. The lowest BCUT2D eigenvalue weighted by Crippen LogP contribution is -2.47. The predicted octanol–water partition coefficient (Wildman–Crippen LogP) is 5.50. The summed E-state index contributed by atoms with van der Waals surface area (Å²) in [6, 6.07) is 13.2. The first-order valence-corrected chi connectivity index (χ1v) is 10.7. The smallest absolute Gasteiger partial charge is 0.328 e. The zero-order valence-corrected chi connectivity index (χ0v) is 18.4. The second-order valence-electron chi connectivity index (χ2n) is 7.44. The second-order valence-corrected chi connectivity index (χ2v) is 8.72. The molecule has 0 fully saturated rings. The molecule has 4 aromatic rings. The molecule has 32 heavy (non-hydrogen) atoms. The van der Waals surface area contributed by atoms with Crippen molar-refractivity contribution >= 4 is 74.4 Å². The third-order valence-electron chi connectivity index (χ3n) is 5.62. The number of halogens is 3. The van der Waals surface area contributed by atoms with Gasteiger partial charge in [0.25, 0.3) is 11.8 Å². The van der Waals surface area contributed by atoms with Gasteiger partial charge in [-0.15, -0.1) is 0 Å². The van der Waals surface area contributed by atoms with Crippen molar-refractivity contribution in [3.8, 4) is 0 Å². The zero-order valence-electron chi connectivity index (χ0n) is 16.2. The first-order valence-electron chi connectivity index (χ1n) is 9.54. The fourth-order valence-electron chi connectivity index (χ4n) is 4.25. The number of fused-ring (bicyclic) bond motifs is 4. The number of carboxylic acids is 1. The van der Waals surface area contributed by atoms with E-state index in [-0.39, 0.29) is 17.7 Å². The summed E-state index contributed by atoms with van der Waals surface area (Å²) in [6.07, 6.45) is 0. The Morgan fingerprint density at radius 3 is 2.12 bits per heavy atom. The van der Waals surface area contributed by atoms with Crippen molar-refractivity contribution in [1.82, 2.24) is 9.47 Å². The normalized spacial score (nSPS) is 14.4. The Hall–Kier alpha value is -3.06. The van der Waals surface area contributed by atoms with E-state index in [1.165, 1.54) is 12.1 Å². The molecule has 0 aliphatic carbocycles. The number of amides is 2. The monoisotopic (exact) mass is 486 g/mol. The molecule has 160 valence electrons. The minimum absolute atomic E-state index is 0.183. The number of rotatable bonds is 4. The first-order chi connectivity index (χ1) is 15.3. The van der Waals surface area contributed by atoms with Gasteiger partial charge in [0.15, 0.2) is 6.04 Å². The summed E-state index contributed by atoms with van der Waals surface area (Å²) in [4.78, 5) is 39.0. The average Bonchev–Trinajstić information content (AvgIpc) is 3.18. The summed E-state index contributed by atoms with van der Waals surface area (Å²) >= 11 is 18.9. The average molecular weight is 488 g/mol. The van der Waals surface area contributed by atoms with E-state index in [1.54, 1.807) is 47.0 Å². The van der Waals surface area contributed by atoms with Gasteiger partial charge in [0.05, 0.1) is 28.2 Å².